The number of nitrogens with zero attached hydrogens (tertiary/aromatic N) is 2. The Balaban J connectivity index is 2.33. The predicted octanol–water partition coefficient (Wildman–Crippen LogP) is 2.20. The molecule has 0 aliphatic carbocycles. The van der Waals surface area contributed by atoms with E-state index in [4.69, 9.17) is 5.73 Å². The highest BCUT2D eigenvalue weighted by atomic mass is 32.2. The highest BCUT2D eigenvalue weighted by Crippen LogP contribution is 2.35. The summed E-state index contributed by atoms with van der Waals surface area (Å²) in [5.74, 6) is 0.871. The van der Waals surface area contributed by atoms with Gasteiger partial charge in [0, 0.05) is 12.4 Å². The molecule has 2 aromatic heterocycles. The topological polar surface area (TPSA) is 114 Å². The fraction of sp³-hybridized carbons (Fsp3) is 0.500. The monoisotopic (exact) mass is 329 g/mol. The molecule has 0 radical (unpaired) electrons. The predicted molar refractivity (Wildman–Crippen MR) is 84.1 cm³/mol. The summed E-state index contributed by atoms with van der Waals surface area (Å²) in [6.07, 6.45) is 4.68. The smallest absolute Gasteiger partial charge is 0.185 e. The SMILES string of the molecule is CCCS(=O)(=O)c1c(N)nsc1NC(CC)c1ncc[nH]1. The first-order chi connectivity index (χ1) is 9.99. The maximum absolute atomic E-state index is 12.3. The molecule has 0 bridgehead atoms. The van der Waals surface area contributed by atoms with Gasteiger partial charge in [-0.15, -0.1) is 0 Å². The second-order valence-corrected chi connectivity index (χ2v) is 7.44. The molecule has 0 aromatic carbocycles. The number of aromatic nitrogens is 3. The van der Waals surface area contributed by atoms with Crippen LogP contribution in [0.15, 0.2) is 17.3 Å². The molecule has 2 rings (SSSR count). The summed E-state index contributed by atoms with van der Waals surface area (Å²) in [6.45, 7) is 3.81. The Kier molecular flexibility index (Phi) is 4.84. The number of nitrogens with one attached hydrogen (secondary N) is 2. The molecular weight excluding hydrogens is 310 g/mol. The first-order valence-corrected chi connectivity index (χ1v) is 9.15. The van der Waals surface area contributed by atoms with E-state index in [1.165, 1.54) is 0 Å². The molecule has 21 heavy (non-hydrogen) atoms. The largest absolute Gasteiger partial charge is 0.382 e. The van der Waals surface area contributed by atoms with Gasteiger partial charge in [0.1, 0.15) is 15.7 Å². The Morgan fingerprint density at radius 3 is 2.81 bits per heavy atom. The molecule has 0 aliphatic rings. The second kappa shape index (κ2) is 6.44. The summed E-state index contributed by atoms with van der Waals surface area (Å²) in [5.41, 5.74) is 5.75. The molecule has 1 atom stereocenters. The van der Waals surface area contributed by atoms with Gasteiger partial charge in [0.25, 0.3) is 0 Å². The summed E-state index contributed by atoms with van der Waals surface area (Å²) in [7, 11) is -3.42. The number of hydrogen-bond acceptors (Lipinski definition) is 7. The van der Waals surface area contributed by atoms with E-state index < -0.39 is 9.84 Å². The van der Waals surface area contributed by atoms with Crippen molar-refractivity contribution < 1.29 is 8.42 Å². The van der Waals surface area contributed by atoms with E-state index in [-0.39, 0.29) is 22.5 Å². The molecule has 116 valence electrons. The number of H-pyrrole nitrogens is 1. The average molecular weight is 329 g/mol. The van der Waals surface area contributed by atoms with Crippen molar-refractivity contribution in [3.05, 3.63) is 18.2 Å². The molecule has 1 unspecified atom stereocenters. The lowest BCUT2D eigenvalue weighted by atomic mass is 10.2. The molecule has 0 saturated carbocycles. The number of aromatic amines is 1. The van der Waals surface area contributed by atoms with E-state index in [1.54, 1.807) is 12.4 Å². The molecular formula is C12H19N5O2S2. The van der Waals surface area contributed by atoms with Crippen LogP contribution in [0.2, 0.25) is 0 Å². The van der Waals surface area contributed by atoms with Gasteiger partial charge < -0.3 is 16.0 Å². The van der Waals surface area contributed by atoms with Crippen molar-refractivity contribution >= 4 is 32.2 Å². The molecule has 4 N–H and O–H groups in total. The molecule has 0 amide bonds. The molecule has 0 fully saturated rings. The Labute approximate surface area is 128 Å². The van der Waals surface area contributed by atoms with Crippen LogP contribution in [-0.4, -0.2) is 28.5 Å². The van der Waals surface area contributed by atoms with Crippen LogP contribution >= 0.6 is 11.5 Å². The van der Waals surface area contributed by atoms with Crippen LogP contribution in [0.25, 0.3) is 0 Å². The number of nitrogen functional groups attached to an aromatic ring is 1. The summed E-state index contributed by atoms with van der Waals surface area (Å²) in [4.78, 5) is 7.34. The van der Waals surface area contributed by atoms with Crippen LogP contribution in [-0.2, 0) is 9.84 Å². The van der Waals surface area contributed by atoms with E-state index in [1.807, 2.05) is 13.8 Å². The fourth-order valence-corrected chi connectivity index (χ4v) is 4.71. The van der Waals surface area contributed by atoms with Crippen LogP contribution in [0, 0.1) is 0 Å². The van der Waals surface area contributed by atoms with Crippen LogP contribution in [0.5, 0.6) is 0 Å². The average Bonchev–Trinajstić information content (AvgIpc) is 3.05. The Bertz CT molecular complexity index is 679. The minimum absolute atomic E-state index is 0.0574. The van der Waals surface area contributed by atoms with E-state index >= 15 is 0 Å². The number of imidazole rings is 1. The number of rotatable bonds is 7. The van der Waals surface area contributed by atoms with Crippen molar-refractivity contribution in [2.24, 2.45) is 0 Å². The normalized spacial score (nSPS) is 13.2. The zero-order valence-corrected chi connectivity index (χ0v) is 13.6. The van der Waals surface area contributed by atoms with Gasteiger partial charge in [0.2, 0.25) is 0 Å². The van der Waals surface area contributed by atoms with Gasteiger partial charge in [-0.05, 0) is 24.4 Å². The zero-order valence-electron chi connectivity index (χ0n) is 12.0. The van der Waals surface area contributed by atoms with E-state index in [2.05, 4.69) is 19.7 Å². The summed E-state index contributed by atoms with van der Waals surface area (Å²) >= 11 is 1.06. The zero-order chi connectivity index (χ0) is 15.5. The molecule has 7 nitrogen and oxygen atoms in total. The highest BCUT2D eigenvalue weighted by Gasteiger charge is 2.26. The third-order valence-corrected chi connectivity index (χ3v) is 5.92. The fourth-order valence-electron chi connectivity index (χ4n) is 2.05. The van der Waals surface area contributed by atoms with Crippen molar-refractivity contribution in [3.8, 4) is 0 Å². The first kappa shape index (κ1) is 15.8. The van der Waals surface area contributed by atoms with Gasteiger partial charge in [-0.25, -0.2) is 13.4 Å². The van der Waals surface area contributed by atoms with Gasteiger partial charge in [-0.3, -0.25) is 0 Å². The molecule has 0 aliphatic heterocycles. The van der Waals surface area contributed by atoms with Gasteiger partial charge in [-0.2, -0.15) is 4.37 Å². The number of sulfone groups is 1. The third-order valence-electron chi connectivity index (χ3n) is 3.02. The molecule has 2 heterocycles. The Hall–Kier alpha value is -1.61. The van der Waals surface area contributed by atoms with Gasteiger partial charge in [0.15, 0.2) is 15.7 Å². The maximum atomic E-state index is 12.3. The van der Waals surface area contributed by atoms with Crippen LogP contribution in [0.4, 0.5) is 10.8 Å². The lowest BCUT2D eigenvalue weighted by Crippen LogP contribution is -2.14. The van der Waals surface area contributed by atoms with Gasteiger partial charge in [0.05, 0.1) is 11.8 Å². The Morgan fingerprint density at radius 1 is 1.48 bits per heavy atom. The van der Waals surface area contributed by atoms with E-state index in [9.17, 15) is 8.42 Å². The highest BCUT2D eigenvalue weighted by molar-refractivity contribution is 7.91. The minimum atomic E-state index is -3.42. The van der Waals surface area contributed by atoms with Gasteiger partial charge in [-0.1, -0.05) is 13.8 Å². The van der Waals surface area contributed by atoms with Crippen LogP contribution < -0.4 is 11.1 Å². The van der Waals surface area contributed by atoms with E-state index in [0.29, 0.717) is 11.4 Å². The van der Waals surface area contributed by atoms with Gasteiger partial charge >= 0.3 is 0 Å². The standard InChI is InChI=1S/C12H19N5O2S2/c1-3-7-21(18,19)9-10(13)17-20-12(9)16-8(4-2)11-14-5-6-15-11/h5-6,8,16H,3-4,7H2,1-2H3,(H2,13,17)(H,14,15). The molecule has 9 heteroatoms. The molecule has 0 saturated heterocycles. The maximum Gasteiger partial charge on any atom is 0.185 e. The van der Waals surface area contributed by atoms with Crippen LogP contribution in [0.1, 0.15) is 38.6 Å². The van der Waals surface area contributed by atoms with Crippen LogP contribution in [0.3, 0.4) is 0 Å². The number of hydrogen-bond donors (Lipinski definition) is 3. The second-order valence-electron chi connectivity index (χ2n) is 4.62. The summed E-state index contributed by atoms with van der Waals surface area (Å²) in [5, 5.41) is 3.66. The van der Waals surface area contributed by atoms with E-state index in [0.717, 1.165) is 23.8 Å². The molecule has 2 aromatic rings. The first-order valence-electron chi connectivity index (χ1n) is 6.73. The summed E-state index contributed by atoms with van der Waals surface area (Å²) < 4.78 is 28.6. The lowest BCUT2D eigenvalue weighted by molar-refractivity contribution is 0.595. The lowest BCUT2D eigenvalue weighted by Gasteiger charge is -2.15. The number of nitrogens with two attached hydrogens (primary N) is 1. The molecule has 0 spiro atoms. The van der Waals surface area contributed by atoms with Crippen molar-refractivity contribution in [2.45, 2.75) is 37.6 Å². The van der Waals surface area contributed by atoms with Crippen molar-refractivity contribution in [1.82, 2.24) is 14.3 Å². The Morgan fingerprint density at radius 2 is 2.24 bits per heavy atom. The van der Waals surface area contributed by atoms with Crippen molar-refractivity contribution in [1.29, 1.82) is 0 Å². The summed E-state index contributed by atoms with van der Waals surface area (Å²) in [6, 6.07) is -0.115. The third kappa shape index (κ3) is 3.35. The number of anilines is 2. The minimum Gasteiger partial charge on any atom is -0.382 e. The van der Waals surface area contributed by atoms with Crippen molar-refractivity contribution in [3.63, 3.8) is 0 Å². The van der Waals surface area contributed by atoms with Crippen molar-refractivity contribution in [2.75, 3.05) is 16.8 Å². The quantitative estimate of drug-likeness (QED) is 0.717.